The van der Waals surface area contributed by atoms with Crippen LogP contribution in [0, 0.1) is 35.5 Å². The molecule has 6 atom stereocenters. The van der Waals surface area contributed by atoms with E-state index in [4.69, 9.17) is 9.47 Å². The molecule has 3 fully saturated rings. The van der Waals surface area contributed by atoms with Gasteiger partial charge in [-0.1, -0.05) is 26.3 Å². The van der Waals surface area contributed by atoms with Crippen molar-refractivity contribution in [2.24, 2.45) is 35.5 Å². The summed E-state index contributed by atoms with van der Waals surface area (Å²) in [6.07, 6.45) is 7.21. The summed E-state index contributed by atoms with van der Waals surface area (Å²) < 4.78 is 19.9. The molecule has 3 aliphatic rings. The molecule has 0 aromatic rings. The van der Waals surface area contributed by atoms with E-state index < -0.39 is 11.9 Å². The number of rotatable bonds is 11. The molecule has 3 rings (SSSR count). The highest BCUT2D eigenvalue weighted by molar-refractivity contribution is 5.87. The first kappa shape index (κ1) is 29.1. The number of carbonyl (C=O) groups excluding carboxylic acids is 4. The normalized spacial score (nSPS) is 26.9. The standard InChI is InChI=1S/C18H24O4.C10H14O4/c1-3-16(19)21-9-11-5-6-14-15-8-12(18(11)14)7-13(15)10-22-17(20)4-2;1-7(2)9(11)13-5-6-14-10(12)8(3)4/h3-4,11-15,18H,1-2,5-10H2;1,3,5-6H2,2,4H3. The van der Waals surface area contributed by atoms with Crippen LogP contribution in [0.4, 0.5) is 0 Å². The van der Waals surface area contributed by atoms with Crippen molar-refractivity contribution in [3.8, 4) is 0 Å². The molecule has 3 aliphatic carbocycles. The van der Waals surface area contributed by atoms with Crippen LogP contribution in [0.3, 0.4) is 0 Å². The minimum atomic E-state index is -0.489. The average Bonchev–Trinajstić information content (AvgIpc) is 3.56. The van der Waals surface area contributed by atoms with Crippen LogP contribution in [0.5, 0.6) is 0 Å². The lowest BCUT2D eigenvalue weighted by Gasteiger charge is -2.33. The molecule has 0 radical (unpaired) electrons. The maximum absolute atomic E-state index is 11.3. The molecule has 6 unspecified atom stereocenters. The molecular formula is C28H38O8. The van der Waals surface area contributed by atoms with Crippen LogP contribution in [0.2, 0.25) is 0 Å². The Hall–Kier alpha value is -3.16. The third-order valence-electron chi connectivity index (χ3n) is 7.25. The highest BCUT2D eigenvalue weighted by Gasteiger charge is 2.57. The monoisotopic (exact) mass is 502 g/mol. The van der Waals surface area contributed by atoms with Gasteiger partial charge in [-0.05, 0) is 75.0 Å². The molecule has 0 aromatic carbocycles. The minimum absolute atomic E-state index is 0.0325. The van der Waals surface area contributed by atoms with E-state index in [-0.39, 0.29) is 25.2 Å². The fourth-order valence-corrected chi connectivity index (χ4v) is 5.81. The van der Waals surface area contributed by atoms with Crippen molar-refractivity contribution >= 4 is 23.9 Å². The van der Waals surface area contributed by atoms with Crippen LogP contribution in [-0.4, -0.2) is 50.3 Å². The van der Waals surface area contributed by atoms with E-state index in [0.29, 0.717) is 53.9 Å². The first-order valence-electron chi connectivity index (χ1n) is 12.3. The number of hydrogen-bond donors (Lipinski definition) is 0. The first-order valence-corrected chi connectivity index (χ1v) is 12.3. The smallest absolute Gasteiger partial charge is 0.333 e. The molecule has 36 heavy (non-hydrogen) atoms. The quantitative estimate of drug-likeness (QED) is 0.181. The Kier molecular flexibility index (Phi) is 11.1. The van der Waals surface area contributed by atoms with Gasteiger partial charge in [-0.2, -0.15) is 0 Å². The number of fused-ring (bicyclic) bond motifs is 5. The van der Waals surface area contributed by atoms with Crippen LogP contribution in [0.1, 0.15) is 39.5 Å². The van der Waals surface area contributed by atoms with Crippen LogP contribution in [0.15, 0.2) is 49.6 Å². The summed E-state index contributed by atoms with van der Waals surface area (Å²) in [7, 11) is 0. The number of carbonyl (C=O) groups is 4. The summed E-state index contributed by atoms with van der Waals surface area (Å²) in [5.74, 6) is 2.18. The van der Waals surface area contributed by atoms with Gasteiger partial charge in [0.15, 0.2) is 0 Å². The van der Waals surface area contributed by atoms with Crippen molar-refractivity contribution < 1.29 is 38.1 Å². The molecular weight excluding hydrogens is 464 g/mol. The molecule has 0 heterocycles. The number of hydrogen-bond acceptors (Lipinski definition) is 8. The SMILES string of the molecule is C=C(C)C(=O)OCCOC(=O)C(=C)C.C=CC(=O)OCC1CC2CC1C1CCC(COC(=O)C=C)C21. The second kappa shape index (κ2) is 13.8. The van der Waals surface area contributed by atoms with E-state index in [9.17, 15) is 19.2 Å². The number of ether oxygens (including phenoxy) is 4. The van der Waals surface area contributed by atoms with Crippen molar-refractivity contribution in [2.75, 3.05) is 26.4 Å². The van der Waals surface area contributed by atoms with Crippen LogP contribution in [-0.2, 0) is 38.1 Å². The fraction of sp³-hybridized carbons (Fsp3) is 0.571. The van der Waals surface area contributed by atoms with E-state index in [0.717, 1.165) is 18.8 Å². The summed E-state index contributed by atoms with van der Waals surface area (Å²) in [5, 5.41) is 0. The van der Waals surface area contributed by atoms with E-state index in [1.54, 1.807) is 13.8 Å². The Morgan fingerprint density at radius 3 is 1.69 bits per heavy atom. The molecule has 0 aromatic heterocycles. The Morgan fingerprint density at radius 1 is 0.722 bits per heavy atom. The zero-order valence-corrected chi connectivity index (χ0v) is 21.4. The van der Waals surface area contributed by atoms with Crippen molar-refractivity contribution in [2.45, 2.75) is 39.5 Å². The van der Waals surface area contributed by atoms with Crippen molar-refractivity contribution in [1.29, 1.82) is 0 Å². The van der Waals surface area contributed by atoms with Gasteiger partial charge in [-0.15, -0.1) is 0 Å². The zero-order chi connectivity index (χ0) is 26.8. The lowest BCUT2D eigenvalue weighted by Crippen LogP contribution is -2.31. The van der Waals surface area contributed by atoms with Crippen molar-refractivity contribution in [1.82, 2.24) is 0 Å². The third kappa shape index (κ3) is 7.93. The average molecular weight is 503 g/mol. The van der Waals surface area contributed by atoms with Gasteiger partial charge in [0.05, 0.1) is 13.2 Å². The molecule has 0 N–H and O–H groups in total. The van der Waals surface area contributed by atoms with Crippen LogP contribution >= 0.6 is 0 Å². The Labute approximate surface area is 213 Å². The molecule has 3 saturated carbocycles. The summed E-state index contributed by atoms with van der Waals surface area (Å²) in [5.41, 5.74) is 0.632. The molecule has 8 nitrogen and oxygen atoms in total. The van der Waals surface area contributed by atoms with Gasteiger partial charge >= 0.3 is 23.9 Å². The maximum Gasteiger partial charge on any atom is 0.333 e. The van der Waals surface area contributed by atoms with Gasteiger partial charge in [-0.25, -0.2) is 19.2 Å². The lowest BCUT2D eigenvalue weighted by atomic mass is 9.73. The lowest BCUT2D eigenvalue weighted by molar-refractivity contribution is -0.147. The van der Waals surface area contributed by atoms with Crippen LogP contribution < -0.4 is 0 Å². The fourth-order valence-electron chi connectivity index (χ4n) is 5.81. The molecule has 0 spiro atoms. The Morgan fingerprint density at radius 2 is 1.22 bits per heavy atom. The maximum atomic E-state index is 11.3. The predicted molar refractivity (Wildman–Crippen MR) is 133 cm³/mol. The molecule has 0 amide bonds. The largest absolute Gasteiger partial charge is 0.462 e. The summed E-state index contributed by atoms with van der Waals surface area (Å²) >= 11 is 0. The highest BCUT2D eigenvalue weighted by Crippen LogP contribution is 2.62. The minimum Gasteiger partial charge on any atom is -0.462 e. The first-order chi connectivity index (χ1) is 17.1. The van der Waals surface area contributed by atoms with Crippen molar-refractivity contribution in [3.63, 3.8) is 0 Å². The van der Waals surface area contributed by atoms with Gasteiger partial charge in [0, 0.05) is 23.3 Å². The van der Waals surface area contributed by atoms with E-state index in [1.165, 1.54) is 25.0 Å². The zero-order valence-electron chi connectivity index (χ0n) is 21.4. The van der Waals surface area contributed by atoms with Gasteiger partial charge in [0.1, 0.15) is 13.2 Å². The van der Waals surface area contributed by atoms with Gasteiger partial charge < -0.3 is 18.9 Å². The topological polar surface area (TPSA) is 105 Å². The van der Waals surface area contributed by atoms with E-state index in [2.05, 4.69) is 35.8 Å². The molecule has 2 bridgehead atoms. The second-order valence-corrected chi connectivity index (χ2v) is 9.73. The van der Waals surface area contributed by atoms with E-state index in [1.807, 2.05) is 0 Å². The summed E-state index contributed by atoms with van der Waals surface area (Å²) in [6.45, 7) is 17.9. The summed E-state index contributed by atoms with van der Waals surface area (Å²) in [4.78, 5) is 44.2. The molecule has 198 valence electrons. The Bertz CT molecular complexity index is 860. The second-order valence-electron chi connectivity index (χ2n) is 9.73. The molecule has 8 heteroatoms. The van der Waals surface area contributed by atoms with Gasteiger partial charge in [-0.3, -0.25) is 0 Å². The van der Waals surface area contributed by atoms with Crippen LogP contribution in [0.25, 0.3) is 0 Å². The molecule has 0 saturated heterocycles. The van der Waals surface area contributed by atoms with Gasteiger partial charge in [0.25, 0.3) is 0 Å². The van der Waals surface area contributed by atoms with Gasteiger partial charge in [0.2, 0.25) is 0 Å². The van der Waals surface area contributed by atoms with E-state index >= 15 is 0 Å². The highest BCUT2D eigenvalue weighted by atomic mass is 16.6. The third-order valence-corrected chi connectivity index (χ3v) is 7.25. The number of esters is 4. The molecule has 0 aliphatic heterocycles. The Balaban J connectivity index is 0.000000284. The van der Waals surface area contributed by atoms with Crippen molar-refractivity contribution in [3.05, 3.63) is 49.6 Å². The predicted octanol–water partition coefficient (Wildman–Crippen LogP) is 3.97. The summed E-state index contributed by atoms with van der Waals surface area (Å²) in [6, 6.07) is 0.